The van der Waals surface area contributed by atoms with Crippen LogP contribution in [0.5, 0.6) is 0 Å². The molecule has 2 unspecified atom stereocenters. The van der Waals surface area contributed by atoms with Crippen LogP contribution in [0.1, 0.15) is 18.5 Å². The molecule has 0 aliphatic heterocycles. The fraction of sp³-hybridized carbons (Fsp3) is 0.333. The van der Waals surface area contributed by atoms with Crippen molar-refractivity contribution in [2.75, 3.05) is 0 Å². The summed E-state index contributed by atoms with van der Waals surface area (Å²) in [5.74, 6) is -2.27. The number of nitrogens with two attached hydrogens (primary N) is 3. The molecule has 1 aromatic carbocycles. The number of non-ortho nitro benzene ring substituents is 1. The molecule has 0 fully saturated rings. The maximum Gasteiger partial charge on any atom is 0.332 e. The molecule has 0 aliphatic rings. The van der Waals surface area contributed by atoms with Gasteiger partial charge in [0.05, 0.1) is 22.0 Å². The lowest BCUT2D eigenvalue weighted by atomic mass is 9.98. The third-order valence-electron chi connectivity index (χ3n) is 3.01. The van der Waals surface area contributed by atoms with E-state index in [0.717, 1.165) is 12.1 Å². The van der Waals surface area contributed by atoms with Crippen LogP contribution in [0.3, 0.4) is 0 Å². The van der Waals surface area contributed by atoms with Gasteiger partial charge in [-0.1, -0.05) is 0 Å². The first-order valence-electron chi connectivity index (χ1n) is 6.51. The van der Waals surface area contributed by atoms with Gasteiger partial charge in [0.25, 0.3) is 11.4 Å². The van der Waals surface area contributed by atoms with Crippen LogP contribution in [0.4, 0.5) is 11.4 Å². The molecule has 0 spiro atoms. The van der Waals surface area contributed by atoms with Gasteiger partial charge in [0.15, 0.2) is 0 Å². The molecule has 12 heteroatoms. The lowest BCUT2D eigenvalue weighted by Gasteiger charge is -2.18. The zero-order chi connectivity index (χ0) is 18.6. The van der Waals surface area contributed by atoms with Crippen molar-refractivity contribution in [2.45, 2.75) is 25.0 Å². The third kappa shape index (κ3) is 4.28. The summed E-state index contributed by atoms with van der Waals surface area (Å²) in [6.07, 6.45) is 0. The molecule has 0 aliphatic carbocycles. The Morgan fingerprint density at radius 1 is 1.08 bits per heavy atom. The Labute approximate surface area is 134 Å². The van der Waals surface area contributed by atoms with Crippen molar-refractivity contribution in [1.29, 1.82) is 0 Å². The molecule has 0 amide bonds. The van der Waals surface area contributed by atoms with E-state index in [1.165, 1.54) is 6.92 Å². The Morgan fingerprint density at radius 3 is 2.12 bits per heavy atom. The van der Waals surface area contributed by atoms with E-state index in [4.69, 9.17) is 17.2 Å². The number of nitrogens with zero attached hydrogens (tertiary/aromatic N) is 2. The average molecular weight is 341 g/mol. The molecule has 6 N–H and O–H groups in total. The largest absolute Gasteiger partial charge is 0.391 e. The maximum atomic E-state index is 11.7. The summed E-state index contributed by atoms with van der Waals surface area (Å²) < 4.78 is 4.39. The number of carbonyl (C=O) groups excluding carboxylic acids is 2. The van der Waals surface area contributed by atoms with E-state index in [0.29, 0.717) is 6.07 Å². The third-order valence-corrected chi connectivity index (χ3v) is 3.01. The summed E-state index contributed by atoms with van der Waals surface area (Å²) in [6, 6.07) is -1.44. The number of carbonyl (C=O) groups is 2. The summed E-state index contributed by atoms with van der Waals surface area (Å²) in [4.78, 5) is 43.0. The van der Waals surface area contributed by atoms with Gasteiger partial charge in [-0.25, -0.2) is 9.59 Å². The van der Waals surface area contributed by atoms with Crippen molar-refractivity contribution in [1.82, 2.24) is 0 Å². The first-order valence-corrected chi connectivity index (χ1v) is 6.51. The maximum absolute atomic E-state index is 11.7. The molecule has 0 heterocycles. The van der Waals surface area contributed by atoms with Crippen LogP contribution in [-0.2, 0) is 14.3 Å². The van der Waals surface area contributed by atoms with Gasteiger partial charge in [0, 0.05) is 11.6 Å². The van der Waals surface area contributed by atoms with Crippen LogP contribution in [0.15, 0.2) is 18.2 Å². The average Bonchev–Trinajstić information content (AvgIpc) is 2.52. The summed E-state index contributed by atoms with van der Waals surface area (Å²) in [6.45, 7) is 1.28. The lowest BCUT2D eigenvalue weighted by molar-refractivity contribution is -0.394. The second-order valence-corrected chi connectivity index (χ2v) is 4.84. The van der Waals surface area contributed by atoms with Crippen molar-refractivity contribution in [3.63, 3.8) is 0 Å². The number of benzene rings is 1. The molecule has 0 aromatic heterocycles. The SMILES string of the molecule is C[C@H](N)C(=O)OC(=O)C(N)C(N)c1ccc([N+](=O)[O-])cc1[N+](=O)[O-]. The van der Waals surface area contributed by atoms with Crippen molar-refractivity contribution >= 4 is 23.3 Å². The summed E-state index contributed by atoms with van der Waals surface area (Å²) in [5.41, 5.74) is 15.1. The van der Waals surface area contributed by atoms with Crippen LogP contribution in [-0.4, -0.2) is 33.9 Å². The zero-order valence-corrected chi connectivity index (χ0v) is 12.4. The number of esters is 2. The molecular weight excluding hydrogens is 326 g/mol. The molecular formula is C12H15N5O7. The van der Waals surface area contributed by atoms with Gasteiger partial charge in [-0.3, -0.25) is 20.2 Å². The summed E-state index contributed by atoms with van der Waals surface area (Å²) >= 11 is 0. The molecule has 0 saturated heterocycles. The van der Waals surface area contributed by atoms with Crippen LogP contribution >= 0.6 is 0 Å². The van der Waals surface area contributed by atoms with Crippen LogP contribution in [0.25, 0.3) is 0 Å². The molecule has 0 bridgehead atoms. The van der Waals surface area contributed by atoms with Crippen LogP contribution < -0.4 is 17.2 Å². The van der Waals surface area contributed by atoms with E-state index in [9.17, 15) is 29.8 Å². The Kier molecular flexibility index (Phi) is 6.00. The molecule has 12 nitrogen and oxygen atoms in total. The predicted octanol–water partition coefficient (Wildman–Crippen LogP) is -0.753. The highest BCUT2D eigenvalue weighted by atomic mass is 16.6. The zero-order valence-electron chi connectivity index (χ0n) is 12.4. The molecule has 1 rings (SSSR count). The number of hydrogen-bond acceptors (Lipinski definition) is 10. The lowest BCUT2D eigenvalue weighted by Crippen LogP contribution is -2.44. The van der Waals surface area contributed by atoms with Gasteiger partial charge in [-0.2, -0.15) is 0 Å². The summed E-state index contributed by atoms with van der Waals surface area (Å²) in [5, 5.41) is 21.7. The minimum Gasteiger partial charge on any atom is -0.391 e. The first kappa shape index (κ1) is 19.1. The van der Waals surface area contributed by atoms with E-state index in [1.54, 1.807) is 0 Å². The van der Waals surface area contributed by atoms with Gasteiger partial charge in [-0.15, -0.1) is 0 Å². The van der Waals surface area contributed by atoms with Crippen molar-refractivity contribution in [3.8, 4) is 0 Å². The van der Waals surface area contributed by atoms with E-state index in [2.05, 4.69) is 4.74 Å². The highest BCUT2D eigenvalue weighted by molar-refractivity contribution is 5.91. The smallest absolute Gasteiger partial charge is 0.332 e. The number of nitro groups is 2. The van der Waals surface area contributed by atoms with Gasteiger partial charge < -0.3 is 21.9 Å². The highest BCUT2D eigenvalue weighted by Crippen LogP contribution is 2.29. The Hall–Kier alpha value is -2.96. The quantitative estimate of drug-likeness (QED) is 0.255. The molecule has 0 saturated carbocycles. The Balaban J connectivity index is 3.11. The normalized spacial score (nSPS) is 14.3. The summed E-state index contributed by atoms with van der Waals surface area (Å²) in [7, 11) is 0. The van der Waals surface area contributed by atoms with Gasteiger partial charge >= 0.3 is 11.9 Å². The van der Waals surface area contributed by atoms with Crippen LogP contribution in [0, 0.1) is 20.2 Å². The van der Waals surface area contributed by atoms with Gasteiger partial charge in [-0.05, 0) is 13.0 Å². The fourth-order valence-corrected chi connectivity index (χ4v) is 1.69. The monoisotopic (exact) mass is 341 g/mol. The van der Waals surface area contributed by atoms with E-state index < -0.39 is 51.3 Å². The fourth-order valence-electron chi connectivity index (χ4n) is 1.69. The van der Waals surface area contributed by atoms with Gasteiger partial charge in [0.1, 0.15) is 12.1 Å². The van der Waals surface area contributed by atoms with Crippen molar-refractivity contribution < 1.29 is 24.2 Å². The minimum atomic E-state index is -1.62. The number of rotatable bonds is 6. The van der Waals surface area contributed by atoms with Gasteiger partial charge in [0.2, 0.25) is 0 Å². The molecule has 1 aromatic rings. The Morgan fingerprint density at radius 2 is 1.67 bits per heavy atom. The van der Waals surface area contributed by atoms with Crippen molar-refractivity contribution in [2.24, 2.45) is 17.2 Å². The van der Waals surface area contributed by atoms with E-state index in [1.807, 2.05) is 0 Å². The highest BCUT2D eigenvalue weighted by Gasteiger charge is 2.32. The molecule has 130 valence electrons. The van der Waals surface area contributed by atoms with Crippen LogP contribution in [0.2, 0.25) is 0 Å². The molecule has 0 radical (unpaired) electrons. The number of ether oxygens (including phenoxy) is 1. The predicted molar refractivity (Wildman–Crippen MR) is 79.4 cm³/mol. The number of nitro benzene ring substituents is 2. The standard InChI is InChI=1S/C12H15N5O7/c1-5(13)11(18)24-12(19)10(15)9(14)7-3-2-6(16(20)21)4-8(7)17(22)23/h2-5,9-10H,13-15H2,1H3/t5-,9?,10?/m0/s1. The second kappa shape index (κ2) is 7.54. The topological polar surface area (TPSA) is 208 Å². The molecule has 24 heavy (non-hydrogen) atoms. The van der Waals surface area contributed by atoms with E-state index >= 15 is 0 Å². The van der Waals surface area contributed by atoms with Crippen molar-refractivity contribution in [3.05, 3.63) is 44.0 Å². The second-order valence-electron chi connectivity index (χ2n) is 4.84. The van der Waals surface area contributed by atoms with E-state index in [-0.39, 0.29) is 5.56 Å². The number of hydrogen-bond donors (Lipinski definition) is 3. The Bertz CT molecular complexity index is 690. The minimum absolute atomic E-state index is 0.219. The molecule has 3 atom stereocenters. The first-order chi connectivity index (χ1) is 11.1.